The van der Waals surface area contributed by atoms with Gasteiger partial charge < -0.3 is 4.74 Å². The van der Waals surface area contributed by atoms with Crippen LogP contribution in [0, 0.1) is 12.8 Å². The Kier molecular flexibility index (Phi) is 4.75. The maximum atomic E-state index is 11.9. The minimum absolute atomic E-state index is 0.0167. The Morgan fingerprint density at radius 2 is 2.11 bits per heavy atom. The van der Waals surface area contributed by atoms with Gasteiger partial charge in [0.15, 0.2) is 0 Å². The zero-order valence-corrected chi connectivity index (χ0v) is 12.4. The molecule has 0 bridgehead atoms. The van der Waals surface area contributed by atoms with Crippen LogP contribution in [0.4, 0.5) is 5.69 Å². The van der Waals surface area contributed by atoms with Crippen molar-refractivity contribution >= 4 is 33.0 Å². The molecule has 18 heavy (non-hydrogen) atoms. The highest BCUT2D eigenvalue weighted by Gasteiger charge is 2.21. The van der Waals surface area contributed by atoms with E-state index in [1.807, 2.05) is 13.8 Å². The van der Waals surface area contributed by atoms with Crippen LogP contribution in [0.1, 0.15) is 29.1 Å². The second kappa shape index (κ2) is 5.71. The summed E-state index contributed by atoms with van der Waals surface area (Å²) in [5.74, 6) is -0.499. The van der Waals surface area contributed by atoms with Crippen molar-refractivity contribution in [3.05, 3.63) is 15.8 Å². The van der Waals surface area contributed by atoms with Gasteiger partial charge in [-0.05, 0) is 23.8 Å². The van der Waals surface area contributed by atoms with Gasteiger partial charge in [0, 0.05) is 0 Å². The number of esters is 1. The molecule has 5 nitrogen and oxygen atoms in total. The first-order chi connectivity index (χ1) is 8.26. The number of ether oxygens (including phenoxy) is 1. The van der Waals surface area contributed by atoms with E-state index in [2.05, 4.69) is 9.46 Å². The van der Waals surface area contributed by atoms with Crippen molar-refractivity contribution in [2.75, 3.05) is 17.6 Å². The van der Waals surface area contributed by atoms with E-state index < -0.39 is 16.0 Å². The van der Waals surface area contributed by atoms with Crippen LogP contribution in [0.3, 0.4) is 0 Å². The lowest BCUT2D eigenvalue weighted by Gasteiger charge is -2.11. The third-order valence-electron chi connectivity index (χ3n) is 2.16. The number of aryl methyl sites for hydroxylation is 1. The first-order valence-electron chi connectivity index (χ1n) is 5.43. The third-order valence-corrected chi connectivity index (χ3v) is 4.85. The Morgan fingerprint density at radius 1 is 1.50 bits per heavy atom. The molecule has 102 valence electrons. The molecule has 1 aromatic heterocycles. The van der Waals surface area contributed by atoms with Crippen molar-refractivity contribution in [3.8, 4) is 0 Å². The number of carbonyl (C=O) groups excluding carboxylic acids is 1. The molecule has 0 saturated carbocycles. The van der Waals surface area contributed by atoms with E-state index >= 15 is 0 Å². The number of thiophene rings is 1. The Morgan fingerprint density at radius 3 is 2.61 bits per heavy atom. The fourth-order valence-corrected chi connectivity index (χ4v) is 3.97. The Labute approximate surface area is 111 Å². The summed E-state index contributed by atoms with van der Waals surface area (Å²) in [5.41, 5.74) is 1.04. The molecule has 0 radical (unpaired) electrons. The van der Waals surface area contributed by atoms with Crippen molar-refractivity contribution in [2.45, 2.75) is 20.8 Å². The van der Waals surface area contributed by atoms with Gasteiger partial charge in [-0.3, -0.25) is 4.72 Å². The fourth-order valence-electron chi connectivity index (χ4n) is 1.45. The smallest absolute Gasteiger partial charge is 0.350 e. The summed E-state index contributed by atoms with van der Waals surface area (Å²) in [7, 11) is -2.17. The normalized spacial score (nSPS) is 11.6. The van der Waals surface area contributed by atoms with Crippen LogP contribution in [0.5, 0.6) is 0 Å². The number of methoxy groups -OCH3 is 1. The van der Waals surface area contributed by atoms with Gasteiger partial charge in [0.05, 0.1) is 18.6 Å². The van der Waals surface area contributed by atoms with Crippen molar-refractivity contribution in [1.29, 1.82) is 0 Å². The van der Waals surface area contributed by atoms with Gasteiger partial charge in [0.1, 0.15) is 4.88 Å². The first-order valence-corrected chi connectivity index (χ1v) is 7.97. The van der Waals surface area contributed by atoms with Gasteiger partial charge in [0.2, 0.25) is 10.0 Å². The lowest BCUT2D eigenvalue weighted by molar-refractivity contribution is 0.0607. The minimum Gasteiger partial charge on any atom is -0.465 e. The molecule has 1 rings (SSSR count). The fraction of sp³-hybridized carbons (Fsp3) is 0.545. The van der Waals surface area contributed by atoms with Crippen molar-refractivity contribution in [2.24, 2.45) is 5.92 Å². The molecule has 1 heterocycles. The maximum absolute atomic E-state index is 11.9. The van der Waals surface area contributed by atoms with Crippen molar-refractivity contribution in [3.63, 3.8) is 0 Å². The van der Waals surface area contributed by atoms with E-state index in [9.17, 15) is 13.2 Å². The largest absolute Gasteiger partial charge is 0.465 e. The SMILES string of the molecule is COC(=O)c1scc(C)c1NS(=O)(=O)CC(C)C. The van der Waals surface area contributed by atoms with Gasteiger partial charge in [-0.2, -0.15) is 0 Å². The molecule has 0 aliphatic carbocycles. The predicted molar refractivity (Wildman–Crippen MR) is 72.6 cm³/mol. The number of rotatable bonds is 5. The standard InChI is InChI=1S/C11H17NO4S2/c1-7(2)6-18(14,15)12-9-8(3)5-17-10(9)11(13)16-4/h5,7,12H,6H2,1-4H3. The summed E-state index contributed by atoms with van der Waals surface area (Å²) < 4.78 is 30.8. The topological polar surface area (TPSA) is 72.5 Å². The van der Waals surface area contributed by atoms with Gasteiger partial charge >= 0.3 is 5.97 Å². The van der Waals surface area contributed by atoms with Crippen molar-refractivity contribution < 1.29 is 17.9 Å². The predicted octanol–water partition coefficient (Wildman–Crippen LogP) is 2.24. The Hall–Kier alpha value is -1.08. The van der Waals surface area contributed by atoms with E-state index in [0.717, 1.165) is 0 Å². The molecular weight excluding hydrogens is 274 g/mol. The van der Waals surface area contributed by atoms with E-state index in [1.165, 1.54) is 18.4 Å². The number of nitrogens with one attached hydrogen (secondary N) is 1. The summed E-state index contributed by atoms with van der Waals surface area (Å²) >= 11 is 1.17. The lowest BCUT2D eigenvalue weighted by atomic mass is 10.3. The molecule has 1 aromatic rings. The number of sulfonamides is 1. The van der Waals surface area contributed by atoms with Crippen LogP contribution in [0.25, 0.3) is 0 Å². The van der Waals surface area contributed by atoms with Gasteiger partial charge in [-0.25, -0.2) is 13.2 Å². The number of hydrogen-bond donors (Lipinski definition) is 1. The second-order valence-corrected chi connectivity index (χ2v) is 7.04. The van der Waals surface area contributed by atoms with Crippen LogP contribution in [-0.2, 0) is 14.8 Å². The zero-order valence-electron chi connectivity index (χ0n) is 10.8. The Bertz CT molecular complexity index is 531. The first kappa shape index (κ1) is 15.0. The number of hydrogen-bond acceptors (Lipinski definition) is 5. The van der Waals surface area contributed by atoms with E-state index in [4.69, 9.17) is 0 Å². The average Bonchev–Trinajstić information content (AvgIpc) is 2.57. The summed E-state index contributed by atoms with van der Waals surface area (Å²) in [4.78, 5) is 11.8. The van der Waals surface area contributed by atoms with Crippen LogP contribution in [0.15, 0.2) is 5.38 Å². The molecule has 1 N–H and O–H groups in total. The quantitative estimate of drug-likeness (QED) is 0.844. The number of carbonyl (C=O) groups is 1. The highest BCUT2D eigenvalue weighted by molar-refractivity contribution is 7.92. The van der Waals surface area contributed by atoms with Crippen LogP contribution in [0.2, 0.25) is 0 Å². The molecule has 0 amide bonds. The van der Waals surface area contributed by atoms with Gasteiger partial charge in [-0.1, -0.05) is 13.8 Å². The molecule has 0 saturated heterocycles. The maximum Gasteiger partial charge on any atom is 0.350 e. The van der Waals surface area contributed by atoms with Crippen LogP contribution in [-0.4, -0.2) is 27.2 Å². The summed E-state index contributed by atoms with van der Waals surface area (Å²) in [5, 5.41) is 1.72. The molecule has 0 aromatic carbocycles. The third kappa shape index (κ3) is 3.71. The highest BCUT2D eigenvalue weighted by atomic mass is 32.2. The molecule has 0 unspecified atom stereocenters. The van der Waals surface area contributed by atoms with E-state index in [1.54, 1.807) is 12.3 Å². The van der Waals surface area contributed by atoms with Crippen LogP contribution >= 0.6 is 11.3 Å². The molecule has 0 atom stereocenters. The minimum atomic E-state index is -3.44. The lowest BCUT2D eigenvalue weighted by Crippen LogP contribution is -2.21. The molecule has 0 aliphatic heterocycles. The van der Waals surface area contributed by atoms with Crippen molar-refractivity contribution in [1.82, 2.24) is 0 Å². The van der Waals surface area contributed by atoms with Gasteiger partial charge in [-0.15, -0.1) is 11.3 Å². The molecule has 0 spiro atoms. The molecular formula is C11H17NO4S2. The summed E-state index contributed by atoms with van der Waals surface area (Å²) in [6.07, 6.45) is 0. The average molecular weight is 291 g/mol. The summed E-state index contributed by atoms with van der Waals surface area (Å²) in [6, 6.07) is 0. The number of anilines is 1. The van der Waals surface area contributed by atoms with E-state index in [-0.39, 0.29) is 16.5 Å². The van der Waals surface area contributed by atoms with E-state index in [0.29, 0.717) is 11.3 Å². The molecule has 0 fully saturated rings. The second-order valence-electron chi connectivity index (χ2n) is 4.39. The Balaban J connectivity index is 3.04. The summed E-state index contributed by atoms with van der Waals surface area (Å²) in [6.45, 7) is 5.39. The molecule has 0 aliphatic rings. The highest BCUT2D eigenvalue weighted by Crippen LogP contribution is 2.29. The zero-order chi connectivity index (χ0) is 13.9. The van der Waals surface area contributed by atoms with Crippen LogP contribution < -0.4 is 4.72 Å². The molecule has 7 heteroatoms. The monoisotopic (exact) mass is 291 g/mol. The van der Waals surface area contributed by atoms with Gasteiger partial charge in [0.25, 0.3) is 0 Å².